The molecule has 0 bridgehead atoms. The molecule has 2 aromatic carbocycles. The van der Waals surface area contributed by atoms with Crippen LogP contribution in [0, 0.1) is 6.92 Å². The van der Waals surface area contributed by atoms with E-state index < -0.39 is 0 Å². The highest BCUT2D eigenvalue weighted by Gasteiger charge is 2.11. The van der Waals surface area contributed by atoms with E-state index in [-0.39, 0.29) is 0 Å². The van der Waals surface area contributed by atoms with Gasteiger partial charge in [-0.2, -0.15) is 0 Å². The van der Waals surface area contributed by atoms with Crippen LogP contribution in [0.2, 0.25) is 0 Å². The Morgan fingerprint density at radius 1 is 1.11 bits per heavy atom. The van der Waals surface area contributed by atoms with Crippen molar-refractivity contribution in [3.63, 3.8) is 0 Å². The number of furan rings is 1. The Morgan fingerprint density at radius 3 is 2.79 bits per heavy atom. The van der Waals surface area contributed by atoms with Crippen LogP contribution in [0.25, 0.3) is 27.8 Å². The van der Waals surface area contributed by atoms with Crippen LogP contribution in [0.15, 0.2) is 46.9 Å². The maximum Gasteiger partial charge on any atom is 0.135 e. The molecular formula is C18H18O. The molecule has 1 aromatic heterocycles. The molecule has 3 rings (SSSR count). The molecule has 0 amide bonds. The number of benzene rings is 2. The van der Waals surface area contributed by atoms with Gasteiger partial charge in [-0.05, 0) is 30.2 Å². The van der Waals surface area contributed by atoms with Crippen LogP contribution in [0.4, 0.5) is 0 Å². The Bertz CT molecular complexity index is 747. The summed E-state index contributed by atoms with van der Waals surface area (Å²) in [7, 11) is 0. The largest absolute Gasteiger partial charge is 0.461 e. The number of rotatable bonds is 3. The molecule has 0 unspecified atom stereocenters. The third-order valence-corrected chi connectivity index (χ3v) is 3.54. The topological polar surface area (TPSA) is 13.1 Å². The van der Waals surface area contributed by atoms with Gasteiger partial charge in [0.05, 0.1) is 0 Å². The average molecular weight is 250 g/mol. The minimum atomic E-state index is 0.979. The molecule has 0 fully saturated rings. The van der Waals surface area contributed by atoms with Crippen LogP contribution in [0.5, 0.6) is 0 Å². The van der Waals surface area contributed by atoms with Crippen molar-refractivity contribution in [2.75, 3.05) is 0 Å². The second-order valence-corrected chi connectivity index (χ2v) is 4.92. The summed E-state index contributed by atoms with van der Waals surface area (Å²) >= 11 is 0. The molecule has 0 spiro atoms. The Kier molecular flexibility index (Phi) is 3.12. The van der Waals surface area contributed by atoms with Gasteiger partial charge in [0.1, 0.15) is 11.3 Å². The van der Waals surface area contributed by atoms with Crippen molar-refractivity contribution in [3.05, 3.63) is 53.8 Å². The van der Waals surface area contributed by atoms with Gasteiger partial charge in [0.15, 0.2) is 0 Å². The summed E-state index contributed by atoms with van der Waals surface area (Å²) in [6.45, 7) is 4.24. The van der Waals surface area contributed by atoms with Crippen LogP contribution < -0.4 is 0 Å². The number of unbranched alkanes of at least 4 members (excludes halogenated alkanes) is 1. The SMILES string of the molecule is CCC/C=C/c1c(C)oc2ccc3ccccc3c12. The molecule has 0 aliphatic rings. The summed E-state index contributed by atoms with van der Waals surface area (Å²) < 4.78 is 5.89. The van der Waals surface area contributed by atoms with Gasteiger partial charge in [-0.25, -0.2) is 0 Å². The molecule has 1 heteroatoms. The van der Waals surface area contributed by atoms with E-state index in [1.54, 1.807) is 0 Å². The fraction of sp³-hybridized carbons (Fsp3) is 0.222. The van der Waals surface area contributed by atoms with Crippen molar-refractivity contribution in [1.82, 2.24) is 0 Å². The van der Waals surface area contributed by atoms with Gasteiger partial charge in [0.2, 0.25) is 0 Å². The number of fused-ring (bicyclic) bond motifs is 3. The normalized spacial score (nSPS) is 11.9. The lowest BCUT2D eigenvalue weighted by molar-refractivity contribution is 0.577. The molecule has 0 saturated heterocycles. The van der Waals surface area contributed by atoms with E-state index in [1.165, 1.54) is 28.1 Å². The molecular weight excluding hydrogens is 232 g/mol. The number of allylic oxidation sites excluding steroid dienone is 1. The smallest absolute Gasteiger partial charge is 0.135 e. The number of hydrogen-bond donors (Lipinski definition) is 0. The predicted octanol–water partition coefficient (Wildman–Crippen LogP) is 5.71. The maximum absolute atomic E-state index is 5.89. The molecule has 0 saturated carbocycles. The third kappa shape index (κ3) is 2.06. The number of aryl methyl sites for hydroxylation is 1. The molecule has 0 aliphatic carbocycles. The molecule has 1 heterocycles. The van der Waals surface area contributed by atoms with E-state index in [0.717, 1.165) is 17.8 Å². The zero-order valence-corrected chi connectivity index (χ0v) is 11.4. The Balaban J connectivity index is 2.30. The quantitative estimate of drug-likeness (QED) is 0.580. The Hall–Kier alpha value is -2.02. The Labute approximate surface area is 113 Å². The zero-order chi connectivity index (χ0) is 13.2. The van der Waals surface area contributed by atoms with E-state index in [0.29, 0.717) is 0 Å². The van der Waals surface area contributed by atoms with Gasteiger partial charge >= 0.3 is 0 Å². The van der Waals surface area contributed by atoms with Crippen LogP contribution in [0.3, 0.4) is 0 Å². The zero-order valence-electron chi connectivity index (χ0n) is 11.4. The molecule has 0 N–H and O–H groups in total. The van der Waals surface area contributed by atoms with E-state index in [4.69, 9.17) is 4.42 Å². The summed E-state index contributed by atoms with van der Waals surface area (Å²) in [5.74, 6) is 0.999. The van der Waals surface area contributed by atoms with Gasteiger partial charge in [-0.15, -0.1) is 0 Å². The molecule has 3 aromatic rings. The summed E-state index contributed by atoms with van der Waals surface area (Å²) in [5.41, 5.74) is 2.20. The second kappa shape index (κ2) is 4.93. The fourth-order valence-electron chi connectivity index (χ4n) is 2.58. The van der Waals surface area contributed by atoms with E-state index in [9.17, 15) is 0 Å². The first-order chi connectivity index (χ1) is 9.31. The van der Waals surface area contributed by atoms with Gasteiger partial charge in [-0.1, -0.05) is 55.8 Å². The first-order valence-corrected chi connectivity index (χ1v) is 6.88. The monoisotopic (exact) mass is 250 g/mol. The van der Waals surface area contributed by atoms with Crippen LogP contribution >= 0.6 is 0 Å². The first-order valence-electron chi connectivity index (χ1n) is 6.88. The van der Waals surface area contributed by atoms with Crippen LogP contribution in [-0.2, 0) is 0 Å². The van der Waals surface area contributed by atoms with Gasteiger partial charge in [0.25, 0.3) is 0 Å². The van der Waals surface area contributed by atoms with Gasteiger partial charge < -0.3 is 4.42 Å². The third-order valence-electron chi connectivity index (χ3n) is 3.54. The lowest BCUT2D eigenvalue weighted by Gasteiger charge is -1.99. The lowest BCUT2D eigenvalue weighted by atomic mass is 10.0. The molecule has 19 heavy (non-hydrogen) atoms. The molecule has 0 aliphatic heterocycles. The Morgan fingerprint density at radius 2 is 1.95 bits per heavy atom. The summed E-state index contributed by atoms with van der Waals surface area (Å²) in [6, 6.07) is 12.7. The van der Waals surface area contributed by atoms with Crippen LogP contribution in [0.1, 0.15) is 31.1 Å². The molecule has 0 atom stereocenters. The van der Waals surface area contributed by atoms with E-state index in [2.05, 4.69) is 55.5 Å². The number of hydrogen-bond acceptors (Lipinski definition) is 1. The molecule has 0 radical (unpaired) electrons. The molecule has 1 nitrogen and oxygen atoms in total. The van der Waals surface area contributed by atoms with Crippen molar-refractivity contribution in [1.29, 1.82) is 0 Å². The highest BCUT2D eigenvalue weighted by atomic mass is 16.3. The minimum absolute atomic E-state index is 0.979. The van der Waals surface area contributed by atoms with Gasteiger partial charge in [0, 0.05) is 10.9 Å². The predicted molar refractivity (Wildman–Crippen MR) is 82.4 cm³/mol. The lowest BCUT2D eigenvalue weighted by Crippen LogP contribution is -1.77. The highest BCUT2D eigenvalue weighted by molar-refractivity contribution is 6.10. The average Bonchev–Trinajstić information content (AvgIpc) is 2.76. The summed E-state index contributed by atoms with van der Waals surface area (Å²) in [5, 5.41) is 3.77. The van der Waals surface area contributed by atoms with Crippen molar-refractivity contribution in [2.24, 2.45) is 0 Å². The standard InChI is InChI=1S/C18H18O/c1-3-4-5-9-15-13(2)19-17-12-11-14-8-6-7-10-16(14)18(15)17/h5-12H,3-4H2,1-2H3/b9-5+. The first kappa shape index (κ1) is 12.0. The van der Waals surface area contributed by atoms with Crippen molar-refractivity contribution >= 4 is 27.8 Å². The van der Waals surface area contributed by atoms with E-state index >= 15 is 0 Å². The van der Waals surface area contributed by atoms with Crippen molar-refractivity contribution < 1.29 is 4.42 Å². The fourth-order valence-corrected chi connectivity index (χ4v) is 2.58. The van der Waals surface area contributed by atoms with Crippen molar-refractivity contribution in [2.45, 2.75) is 26.7 Å². The van der Waals surface area contributed by atoms with Gasteiger partial charge in [-0.3, -0.25) is 0 Å². The minimum Gasteiger partial charge on any atom is -0.461 e. The van der Waals surface area contributed by atoms with Crippen LogP contribution in [-0.4, -0.2) is 0 Å². The summed E-state index contributed by atoms with van der Waals surface area (Å²) in [4.78, 5) is 0. The maximum atomic E-state index is 5.89. The second-order valence-electron chi connectivity index (χ2n) is 4.92. The summed E-state index contributed by atoms with van der Waals surface area (Å²) in [6.07, 6.45) is 6.72. The highest BCUT2D eigenvalue weighted by Crippen LogP contribution is 2.33. The molecule has 96 valence electrons. The van der Waals surface area contributed by atoms with E-state index in [1.807, 2.05) is 6.92 Å². The van der Waals surface area contributed by atoms with Crippen molar-refractivity contribution in [3.8, 4) is 0 Å².